The lowest BCUT2D eigenvalue weighted by molar-refractivity contribution is -0.128. The number of imidazole rings is 3. The van der Waals surface area contributed by atoms with Gasteiger partial charge in [-0.1, -0.05) is 24.8 Å². The average molecular weight is 1200 g/mol. The number of ether oxygens (including phenoxy) is 6. The topological polar surface area (TPSA) is 231 Å². The molecular weight excluding hydrogens is 1140 g/mol. The third kappa shape index (κ3) is 17.0. The van der Waals surface area contributed by atoms with Crippen molar-refractivity contribution in [2.75, 3.05) is 58.2 Å². The number of nitrogens with zero attached hydrogens (tertiary/aromatic N) is 10. The van der Waals surface area contributed by atoms with Gasteiger partial charge in [0.15, 0.2) is 6.29 Å². The molecule has 3 N–H and O–H groups in total. The van der Waals surface area contributed by atoms with Crippen molar-refractivity contribution in [2.24, 2.45) is 5.73 Å². The zero-order valence-corrected chi connectivity index (χ0v) is 48.9. The summed E-state index contributed by atoms with van der Waals surface area (Å²) in [5, 5.41) is 3.58. The maximum absolute atomic E-state index is 12.0. The van der Waals surface area contributed by atoms with Crippen LogP contribution in [-0.2, 0) is 28.9 Å². The summed E-state index contributed by atoms with van der Waals surface area (Å²) in [6.45, 7) is 8.23. The van der Waals surface area contributed by atoms with Gasteiger partial charge in [-0.05, 0) is 18.2 Å². The van der Waals surface area contributed by atoms with Crippen LogP contribution in [0.15, 0.2) is 142 Å². The fourth-order valence-electron chi connectivity index (χ4n) is 8.01. The van der Waals surface area contributed by atoms with Crippen LogP contribution in [0, 0.1) is 0 Å². The molecule has 81 heavy (non-hydrogen) atoms. The standard InChI is InChI=1S/C19H20N4O3S.C17H18N4O2S.C15H13N3O3.C2H3ClO.C2H7NS.ClH/c1-13(24)23-8-9-27-19(23)15-10-17(25-2)21-11-16(15)26-12-14-4-3-6-22-7-5-20-18(14)22;1-22-15-9-13(17-19-5-8-24-17)14(10-20-15)23-11-12-3-2-6-21-7-4-18-16(12)21;1-20-14-7-12(9-19)13(8-17-14)21-10-11-3-2-5-18-6-4-16-15(11)18;1-2-4-3;3-1-2-4;/h3-7,10-11,19H,8-9,12H2,1-2H3;2-4,6-7,9-10,17,19H,5,8,11H2,1H3;2-9H,10H2,1H3;2H,1H2;4H,1-3H2;1H. The number of fused-ring (bicyclic) bond motifs is 3. The van der Waals surface area contributed by atoms with Crippen LogP contribution in [-0.4, -0.2) is 118 Å². The Kier molecular flexibility index (Phi) is 25.3. The Morgan fingerprint density at radius 3 is 1.58 bits per heavy atom. The maximum atomic E-state index is 12.0. The summed E-state index contributed by atoms with van der Waals surface area (Å²) in [4.78, 5) is 50.6. The van der Waals surface area contributed by atoms with Crippen LogP contribution in [0.1, 0.15) is 55.8 Å². The molecule has 428 valence electrons. The Balaban J connectivity index is 0.000000183. The molecular formula is C55H62Cl2N12O9S3. The summed E-state index contributed by atoms with van der Waals surface area (Å²) in [5.74, 6) is 6.13. The first-order valence-electron chi connectivity index (χ1n) is 24.8. The number of rotatable bonds is 17. The van der Waals surface area contributed by atoms with Gasteiger partial charge < -0.3 is 61.9 Å². The molecule has 21 nitrogen and oxygen atoms in total. The zero-order chi connectivity index (χ0) is 56.6. The second-order valence-corrected chi connectivity index (χ2v) is 19.8. The van der Waals surface area contributed by atoms with Gasteiger partial charge in [0.1, 0.15) is 77.5 Å². The number of carbonyl (C=O) groups is 2. The van der Waals surface area contributed by atoms with Gasteiger partial charge >= 0.3 is 0 Å². The van der Waals surface area contributed by atoms with E-state index in [1.165, 1.54) is 13.3 Å². The van der Waals surface area contributed by atoms with Gasteiger partial charge in [0.05, 0.1) is 50.9 Å². The maximum Gasteiger partial charge on any atom is 0.220 e. The predicted octanol–water partition coefficient (Wildman–Crippen LogP) is 9.29. The van der Waals surface area contributed by atoms with E-state index < -0.39 is 0 Å². The summed E-state index contributed by atoms with van der Waals surface area (Å²) in [6, 6.07) is 17.2. The Hall–Kier alpha value is -7.45. The highest BCUT2D eigenvalue weighted by atomic mass is 35.5. The summed E-state index contributed by atoms with van der Waals surface area (Å²) < 4.78 is 43.0. The van der Waals surface area contributed by atoms with E-state index >= 15 is 0 Å². The van der Waals surface area contributed by atoms with Crippen molar-refractivity contribution >= 4 is 89.6 Å². The first-order chi connectivity index (χ1) is 39.2. The number of thiol groups is 1. The summed E-state index contributed by atoms with van der Waals surface area (Å²) in [7, 11) is 4.70. The number of halogens is 2. The van der Waals surface area contributed by atoms with Gasteiger partial charge in [0.2, 0.25) is 23.5 Å². The second-order valence-electron chi connectivity index (χ2n) is 16.8. The van der Waals surface area contributed by atoms with Crippen molar-refractivity contribution in [1.29, 1.82) is 0 Å². The zero-order valence-electron chi connectivity index (χ0n) is 44.8. The Morgan fingerprint density at radius 2 is 1.16 bits per heavy atom. The van der Waals surface area contributed by atoms with E-state index in [2.05, 4.69) is 70.6 Å². The minimum atomic E-state index is -0.100. The average Bonchev–Trinajstić information content (AvgIpc) is 4.42. The van der Waals surface area contributed by atoms with Crippen molar-refractivity contribution < 1.29 is 42.3 Å². The molecule has 2 fully saturated rings. The van der Waals surface area contributed by atoms with E-state index in [-0.39, 0.29) is 29.1 Å². The molecule has 0 radical (unpaired) electrons. The predicted molar refractivity (Wildman–Crippen MR) is 319 cm³/mol. The minimum Gasteiger partial charge on any atom is -0.487 e. The van der Waals surface area contributed by atoms with Crippen molar-refractivity contribution in [2.45, 2.75) is 37.5 Å². The highest BCUT2D eigenvalue weighted by Crippen LogP contribution is 2.43. The number of nitrogens with one attached hydrogen (secondary N) is 1. The van der Waals surface area contributed by atoms with Crippen LogP contribution in [0.2, 0.25) is 0 Å². The van der Waals surface area contributed by atoms with Crippen LogP contribution in [0.3, 0.4) is 0 Å². The van der Waals surface area contributed by atoms with E-state index in [0.717, 1.165) is 93.4 Å². The van der Waals surface area contributed by atoms with Crippen LogP contribution < -0.4 is 39.5 Å². The molecule has 0 aliphatic carbocycles. The van der Waals surface area contributed by atoms with Crippen molar-refractivity contribution in [3.63, 3.8) is 0 Å². The minimum absolute atomic E-state index is 0. The molecule has 9 aromatic rings. The van der Waals surface area contributed by atoms with Crippen molar-refractivity contribution in [3.05, 3.63) is 175 Å². The van der Waals surface area contributed by atoms with Crippen LogP contribution in [0.5, 0.6) is 34.9 Å². The number of thioether (sulfide) groups is 2. The lowest BCUT2D eigenvalue weighted by Gasteiger charge is -2.24. The first kappa shape index (κ1) is 62.7. The number of pyridine rings is 6. The molecule has 11 heterocycles. The lowest BCUT2D eigenvalue weighted by atomic mass is 10.2. The Morgan fingerprint density at radius 1 is 0.716 bits per heavy atom. The number of aromatic nitrogens is 9. The SMILES string of the molecule is C=COCl.COc1cc(C2NCCS2)c(OCc2cccn3ccnc23)cn1.COc1cc(C2SCCN2C(C)=O)c(OCc2cccn3ccnc23)cn1.COc1cc(C=O)c(OCc2cccn3ccnc23)cn1.Cl.NCCS. The Labute approximate surface area is 493 Å². The molecule has 2 saturated heterocycles. The normalized spacial score (nSPS) is 14.0. The molecule has 26 heteroatoms. The number of aldehydes is 1. The molecule has 1 amide bonds. The van der Waals surface area contributed by atoms with E-state index in [4.69, 9.17) is 34.2 Å². The number of methoxy groups -OCH3 is 3. The number of amides is 1. The third-order valence-corrected chi connectivity index (χ3v) is 14.6. The molecule has 9 aromatic heterocycles. The van der Waals surface area contributed by atoms with E-state index in [1.54, 1.807) is 70.0 Å². The third-order valence-electron chi connectivity index (χ3n) is 11.8. The van der Waals surface area contributed by atoms with Crippen molar-refractivity contribution in [3.8, 4) is 34.9 Å². The van der Waals surface area contributed by atoms with Gasteiger partial charge in [-0.15, -0.1) is 35.9 Å². The summed E-state index contributed by atoms with van der Waals surface area (Å²) >= 11 is 11.9. The fraction of sp³-hybridized carbons (Fsp3) is 0.273. The molecule has 0 saturated carbocycles. The number of hydrogen-bond donors (Lipinski definition) is 3. The summed E-state index contributed by atoms with van der Waals surface area (Å²) in [6.07, 6.45) is 23.6. The van der Waals surface area contributed by atoms with Crippen LogP contribution in [0.25, 0.3) is 16.9 Å². The van der Waals surface area contributed by atoms with Crippen LogP contribution in [0.4, 0.5) is 0 Å². The molecule has 0 spiro atoms. The highest BCUT2D eigenvalue weighted by Gasteiger charge is 2.32. The highest BCUT2D eigenvalue weighted by molar-refractivity contribution is 8.00. The van der Waals surface area contributed by atoms with Gasteiger partial charge in [0.25, 0.3) is 0 Å². The molecule has 2 unspecified atom stereocenters. The number of carbonyl (C=O) groups excluding carboxylic acids is 2. The molecule has 11 rings (SSSR count). The van der Waals surface area contributed by atoms with Gasteiger partial charge in [-0.2, -0.15) is 12.6 Å². The van der Waals surface area contributed by atoms with Gasteiger partial charge in [-0.25, -0.2) is 29.9 Å². The quantitative estimate of drug-likeness (QED) is 0.0438. The number of hydrogen-bond acceptors (Lipinski definition) is 20. The molecule has 2 atom stereocenters. The van der Waals surface area contributed by atoms with E-state index in [0.29, 0.717) is 61.1 Å². The Bertz CT molecular complexity index is 3420. The fourth-order valence-corrected chi connectivity index (χ4v) is 10.4. The van der Waals surface area contributed by atoms with Gasteiger partial charge in [0, 0.05) is 146 Å². The molecule has 2 aliphatic rings. The second kappa shape index (κ2) is 32.7. The smallest absolute Gasteiger partial charge is 0.220 e. The monoisotopic (exact) mass is 1200 g/mol. The van der Waals surface area contributed by atoms with E-state index in [9.17, 15) is 9.59 Å². The molecule has 0 aromatic carbocycles. The first-order valence-corrected chi connectivity index (χ1v) is 27.8. The molecule has 2 aliphatic heterocycles. The number of nitrogens with two attached hydrogens (primary N) is 1. The molecule has 0 bridgehead atoms. The largest absolute Gasteiger partial charge is 0.487 e. The van der Waals surface area contributed by atoms with Crippen molar-refractivity contribution in [1.82, 2.24) is 53.3 Å². The summed E-state index contributed by atoms with van der Waals surface area (Å²) in [5.41, 5.74) is 12.9. The van der Waals surface area contributed by atoms with Gasteiger partial charge in [-0.3, -0.25) is 9.59 Å². The van der Waals surface area contributed by atoms with Crippen LogP contribution >= 0.6 is 60.4 Å². The van der Waals surface area contributed by atoms with E-state index in [1.807, 2.05) is 116 Å². The lowest BCUT2D eigenvalue weighted by Crippen LogP contribution is -2.28.